The molecule has 0 heterocycles. The molecule has 0 aliphatic rings. The van der Waals surface area contributed by atoms with Crippen LogP contribution in [0.3, 0.4) is 0 Å². The Bertz CT molecular complexity index is 599. The number of nitrogens with one attached hydrogen (secondary N) is 1. The zero-order valence-electron chi connectivity index (χ0n) is 14.0. The quantitative estimate of drug-likeness (QED) is 0.763. The number of para-hydroxylation sites is 1. The highest BCUT2D eigenvalue weighted by molar-refractivity contribution is 6.36. The molecule has 1 aromatic rings. The third-order valence-electron chi connectivity index (χ3n) is 3.49. The maximum Gasteiger partial charge on any atom is 0.421 e. The smallest absolute Gasteiger partial charge is 0.421 e. The van der Waals surface area contributed by atoms with Crippen molar-refractivity contribution >= 4 is 35.3 Å². The molecule has 0 aliphatic carbocycles. The van der Waals surface area contributed by atoms with Crippen molar-refractivity contribution in [3.8, 4) is 0 Å². The van der Waals surface area contributed by atoms with Gasteiger partial charge in [-0.1, -0.05) is 32.0 Å². The molecule has 8 heteroatoms. The molecule has 3 N–H and O–H groups in total. The van der Waals surface area contributed by atoms with E-state index in [1.165, 1.54) is 7.11 Å². The number of halogens is 1. The van der Waals surface area contributed by atoms with Crippen molar-refractivity contribution in [2.24, 2.45) is 5.73 Å². The third-order valence-corrected chi connectivity index (χ3v) is 3.83. The average Bonchev–Trinajstić information content (AvgIpc) is 2.59. The molecule has 0 radical (unpaired) electrons. The van der Waals surface area contributed by atoms with E-state index in [0.717, 1.165) is 16.0 Å². The SMILES string of the molecule is CCc1cccc(CC)c1N(C(=O)OC)C(=O)C(Cl)CNC(N)=O. The lowest BCUT2D eigenvalue weighted by molar-refractivity contribution is -0.117. The summed E-state index contributed by atoms with van der Waals surface area (Å²) in [7, 11) is 1.19. The van der Waals surface area contributed by atoms with Crippen molar-refractivity contribution in [3.63, 3.8) is 0 Å². The molecule has 132 valence electrons. The van der Waals surface area contributed by atoms with E-state index in [2.05, 4.69) is 5.32 Å². The van der Waals surface area contributed by atoms with Crippen molar-refractivity contribution in [2.75, 3.05) is 18.6 Å². The predicted molar refractivity (Wildman–Crippen MR) is 92.3 cm³/mol. The molecule has 1 unspecified atom stereocenters. The summed E-state index contributed by atoms with van der Waals surface area (Å²) in [5, 5.41) is 1.09. The predicted octanol–water partition coefficient (Wildman–Crippen LogP) is 2.19. The maximum atomic E-state index is 12.7. The summed E-state index contributed by atoms with van der Waals surface area (Å²) in [5.74, 6) is -0.687. The molecule has 0 fully saturated rings. The van der Waals surface area contributed by atoms with Gasteiger partial charge in [-0.15, -0.1) is 11.6 Å². The molecule has 0 aliphatic heterocycles. The van der Waals surface area contributed by atoms with Crippen LogP contribution in [0.5, 0.6) is 0 Å². The van der Waals surface area contributed by atoms with E-state index in [4.69, 9.17) is 22.1 Å². The number of amides is 4. The summed E-state index contributed by atoms with van der Waals surface area (Å²) in [4.78, 5) is 36.7. The van der Waals surface area contributed by atoms with Crippen molar-refractivity contribution in [3.05, 3.63) is 29.3 Å². The van der Waals surface area contributed by atoms with Crippen LogP contribution in [0, 0.1) is 0 Å². The summed E-state index contributed by atoms with van der Waals surface area (Å²) in [6.07, 6.45) is 0.410. The Morgan fingerprint density at radius 2 is 1.79 bits per heavy atom. The van der Waals surface area contributed by atoms with Crippen LogP contribution in [0.2, 0.25) is 0 Å². The van der Waals surface area contributed by atoms with Crippen LogP contribution in [-0.2, 0) is 22.4 Å². The first-order valence-electron chi connectivity index (χ1n) is 7.57. The average molecular weight is 356 g/mol. The standard InChI is InChI=1S/C16H22ClN3O4/c1-4-10-7-6-8-11(5-2)13(10)20(16(23)24-3)14(21)12(17)9-19-15(18)22/h6-8,12H,4-5,9H2,1-3H3,(H3,18,19,22). The van der Waals surface area contributed by atoms with Crippen LogP contribution < -0.4 is 16.0 Å². The van der Waals surface area contributed by atoms with Gasteiger partial charge in [0.1, 0.15) is 5.38 Å². The van der Waals surface area contributed by atoms with E-state index in [-0.39, 0.29) is 6.54 Å². The minimum atomic E-state index is -1.16. The van der Waals surface area contributed by atoms with Gasteiger partial charge in [0.05, 0.1) is 12.8 Å². The molecule has 0 saturated heterocycles. The molecule has 4 amide bonds. The number of methoxy groups -OCH3 is 1. The van der Waals surface area contributed by atoms with Crippen LogP contribution >= 0.6 is 11.6 Å². The van der Waals surface area contributed by atoms with Crippen LogP contribution in [0.15, 0.2) is 18.2 Å². The minimum Gasteiger partial charge on any atom is -0.452 e. The largest absolute Gasteiger partial charge is 0.452 e. The van der Waals surface area contributed by atoms with Gasteiger partial charge in [-0.25, -0.2) is 14.5 Å². The fourth-order valence-electron chi connectivity index (χ4n) is 2.30. The summed E-state index contributed by atoms with van der Waals surface area (Å²) >= 11 is 6.04. The molecule has 0 spiro atoms. The zero-order chi connectivity index (χ0) is 18.3. The summed E-state index contributed by atoms with van der Waals surface area (Å²) in [5.41, 5.74) is 7.09. The third kappa shape index (κ3) is 4.61. The number of alkyl halides is 1. The number of imide groups is 1. The Hall–Kier alpha value is -2.28. The molecular weight excluding hydrogens is 334 g/mol. The van der Waals surface area contributed by atoms with E-state index >= 15 is 0 Å². The van der Waals surface area contributed by atoms with E-state index in [1.807, 2.05) is 32.0 Å². The van der Waals surface area contributed by atoms with Gasteiger partial charge in [-0.2, -0.15) is 0 Å². The van der Waals surface area contributed by atoms with E-state index in [9.17, 15) is 14.4 Å². The van der Waals surface area contributed by atoms with Crippen LogP contribution in [0.25, 0.3) is 0 Å². The molecule has 0 saturated carbocycles. The highest BCUT2D eigenvalue weighted by Crippen LogP contribution is 2.29. The number of primary amides is 1. The minimum absolute atomic E-state index is 0.195. The van der Waals surface area contributed by atoms with Gasteiger partial charge in [-0.05, 0) is 24.0 Å². The Morgan fingerprint density at radius 1 is 1.25 bits per heavy atom. The zero-order valence-corrected chi connectivity index (χ0v) is 14.7. The fraction of sp³-hybridized carbons (Fsp3) is 0.438. The molecule has 24 heavy (non-hydrogen) atoms. The Kier molecular flexibility index (Phi) is 7.51. The normalized spacial score (nSPS) is 11.5. The molecule has 1 aromatic carbocycles. The van der Waals surface area contributed by atoms with Gasteiger partial charge in [0.15, 0.2) is 0 Å². The Morgan fingerprint density at radius 3 is 2.21 bits per heavy atom. The van der Waals surface area contributed by atoms with Crippen LogP contribution in [0.4, 0.5) is 15.3 Å². The van der Waals surface area contributed by atoms with Gasteiger partial charge in [0, 0.05) is 6.54 Å². The monoisotopic (exact) mass is 355 g/mol. The number of carbonyl (C=O) groups is 3. The van der Waals surface area contributed by atoms with Crippen LogP contribution in [0.1, 0.15) is 25.0 Å². The van der Waals surface area contributed by atoms with E-state index < -0.39 is 23.4 Å². The number of ether oxygens (including phenoxy) is 1. The molecule has 1 atom stereocenters. The number of benzene rings is 1. The van der Waals surface area contributed by atoms with Gasteiger partial charge in [0.2, 0.25) is 0 Å². The Balaban J connectivity index is 3.31. The molecule has 0 bridgehead atoms. The topological polar surface area (TPSA) is 102 Å². The van der Waals surface area contributed by atoms with Crippen molar-refractivity contribution in [2.45, 2.75) is 32.1 Å². The molecule has 0 aromatic heterocycles. The van der Waals surface area contributed by atoms with Gasteiger partial charge < -0.3 is 15.8 Å². The second-order valence-corrected chi connectivity index (χ2v) is 5.52. The van der Waals surface area contributed by atoms with Gasteiger partial charge >= 0.3 is 12.1 Å². The Labute approximate surface area is 146 Å². The fourth-order valence-corrected chi connectivity index (χ4v) is 2.48. The number of nitrogens with two attached hydrogens (primary N) is 1. The van der Waals surface area contributed by atoms with Crippen molar-refractivity contribution < 1.29 is 19.1 Å². The summed E-state index contributed by atoms with van der Waals surface area (Å²) < 4.78 is 4.76. The number of hydrogen-bond donors (Lipinski definition) is 2. The van der Waals surface area contributed by atoms with E-state index in [1.54, 1.807) is 0 Å². The number of rotatable bonds is 6. The number of nitrogens with zero attached hydrogens (tertiary/aromatic N) is 1. The number of anilines is 1. The highest BCUT2D eigenvalue weighted by Gasteiger charge is 2.32. The van der Waals surface area contributed by atoms with Gasteiger partial charge in [-0.3, -0.25) is 4.79 Å². The first-order chi connectivity index (χ1) is 11.4. The van der Waals surface area contributed by atoms with Crippen molar-refractivity contribution in [1.29, 1.82) is 0 Å². The second-order valence-electron chi connectivity index (χ2n) is 4.99. The number of carbonyl (C=O) groups excluding carboxylic acids is 3. The van der Waals surface area contributed by atoms with E-state index in [0.29, 0.717) is 18.5 Å². The second kappa shape index (κ2) is 9.12. The van der Waals surface area contributed by atoms with Gasteiger partial charge in [0.25, 0.3) is 5.91 Å². The maximum absolute atomic E-state index is 12.7. The summed E-state index contributed by atoms with van der Waals surface area (Å²) in [6, 6.07) is 4.74. The number of hydrogen-bond acceptors (Lipinski definition) is 4. The molecular formula is C16H22ClN3O4. The molecule has 1 rings (SSSR count). The lowest BCUT2D eigenvalue weighted by Crippen LogP contribution is -2.47. The summed E-state index contributed by atoms with van der Waals surface area (Å²) in [6.45, 7) is 3.65. The van der Waals surface area contributed by atoms with Crippen molar-refractivity contribution in [1.82, 2.24) is 5.32 Å². The molecule has 7 nitrogen and oxygen atoms in total. The number of aryl methyl sites for hydroxylation is 2. The van der Waals surface area contributed by atoms with Crippen LogP contribution in [-0.4, -0.2) is 37.1 Å². The first kappa shape index (κ1) is 19.8. The number of urea groups is 1. The highest BCUT2D eigenvalue weighted by atomic mass is 35.5. The lowest BCUT2D eigenvalue weighted by Gasteiger charge is -2.26. The first-order valence-corrected chi connectivity index (χ1v) is 8.00. The lowest BCUT2D eigenvalue weighted by atomic mass is 10.0.